The lowest BCUT2D eigenvalue weighted by Crippen LogP contribution is -2.39. The molecule has 0 saturated heterocycles. The number of aromatic nitrogens is 3. The Kier molecular flexibility index (Phi) is 4.42. The third-order valence-electron chi connectivity index (χ3n) is 3.29. The maximum atomic E-state index is 11.8. The number of hydrogen-bond acceptors (Lipinski definition) is 5. The number of furan rings is 1. The molecule has 2 aromatic rings. The van der Waals surface area contributed by atoms with Gasteiger partial charge in [-0.3, -0.25) is 9.48 Å². The maximum Gasteiger partial charge on any atom is 0.221 e. The monoisotopic (exact) mass is 292 g/mol. The standard InChI is InChI=1S/C14H20N4O3/c1-10-6-12(11(2)21-10)14(3,20)7-16-13(19)4-5-18-9-15-8-17-18/h6,8-9,20H,4-5,7H2,1-3H3,(H,16,19). The predicted octanol–water partition coefficient (Wildman–Crippen LogP) is 0.902. The third kappa shape index (κ3) is 3.91. The lowest BCUT2D eigenvalue weighted by Gasteiger charge is -2.23. The summed E-state index contributed by atoms with van der Waals surface area (Å²) in [4.78, 5) is 15.6. The zero-order valence-corrected chi connectivity index (χ0v) is 12.5. The molecule has 0 aliphatic carbocycles. The van der Waals surface area contributed by atoms with Gasteiger partial charge in [0.15, 0.2) is 0 Å². The molecule has 0 aromatic carbocycles. The van der Waals surface area contributed by atoms with Crippen LogP contribution in [0.15, 0.2) is 23.1 Å². The molecule has 0 aliphatic heterocycles. The van der Waals surface area contributed by atoms with Crippen molar-refractivity contribution in [2.24, 2.45) is 0 Å². The van der Waals surface area contributed by atoms with Gasteiger partial charge in [0.1, 0.15) is 29.8 Å². The molecule has 1 amide bonds. The number of carbonyl (C=O) groups excluding carboxylic acids is 1. The number of carbonyl (C=O) groups is 1. The van der Waals surface area contributed by atoms with E-state index in [-0.39, 0.29) is 18.9 Å². The molecule has 0 aliphatic rings. The van der Waals surface area contributed by atoms with Crippen LogP contribution >= 0.6 is 0 Å². The normalized spacial score (nSPS) is 13.9. The molecule has 0 spiro atoms. The van der Waals surface area contributed by atoms with E-state index >= 15 is 0 Å². The molecule has 2 N–H and O–H groups in total. The van der Waals surface area contributed by atoms with E-state index in [0.29, 0.717) is 17.9 Å². The van der Waals surface area contributed by atoms with E-state index in [2.05, 4.69) is 15.4 Å². The fourth-order valence-electron chi connectivity index (χ4n) is 2.18. The summed E-state index contributed by atoms with van der Waals surface area (Å²) in [7, 11) is 0. The lowest BCUT2D eigenvalue weighted by molar-refractivity contribution is -0.122. The maximum absolute atomic E-state index is 11.8. The van der Waals surface area contributed by atoms with E-state index in [0.717, 1.165) is 5.76 Å². The van der Waals surface area contributed by atoms with Gasteiger partial charge < -0.3 is 14.8 Å². The van der Waals surface area contributed by atoms with Gasteiger partial charge in [-0.25, -0.2) is 4.98 Å². The van der Waals surface area contributed by atoms with Crippen LogP contribution in [-0.2, 0) is 16.9 Å². The molecule has 1 unspecified atom stereocenters. The van der Waals surface area contributed by atoms with Crippen molar-refractivity contribution in [2.75, 3.05) is 6.54 Å². The minimum Gasteiger partial charge on any atom is -0.466 e. The van der Waals surface area contributed by atoms with E-state index in [4.69, 9.17) is 4.42 Å². The summed E-state index contributed by atoms with van der Waals surface area (Å²) in [5.41, 5.74) is -0.471. The van der Waals surface area contributed by atoms with Gasteiger partial charge in [0.25, 0.3) is 0 Å². The number of hydrogen-bond donors (Lipinski definition) is 2. The number of nitrogens with zero attached hydrogens (tertiary/aromatic N) is 3. The molecule has 2 heterocycles. The van der Waals surface area contributed by atoms with E-state index in [1.807, 2.05) is 6.92 Å². The molecule has 1 atom stereocenters. The van der Waals surface area contributed by atoms with Crippen LogP contribution in [0.3, 0.4) is 0 Å². The zero-order chi connectivity index (χ0) is 15.5. The Bertz CT molecular complexity index is 602. The molecule has 0 saturated carbocycles. The Morgan fingerprint density at radius 2 is 2.29 bits per heavy atom. The summed E-state index contributed by atoms with van der Waals surface area (Å²) >= 11 is 0. The number of rotatable bonds is 6. The van der Waals surface area contributed by atoms with Crippen molar-refractivity contribution >= 4 is 5.91 Å². The zero-order valence-electron chi connectivity index (χ0n) is 12.5. The Labute approximate surface area is 123 Å². The average Bonchev–Trinajstić information content (AvgIpc) is 3.04. The van der Waals surface area contributed by atoms with E-state index < -0.39 is 5.60 Å². The number of aryl methyl sites for hydroxylation is 3. The van der Waals surface area contributed by atoms with Crippen molar-refractivity contribution in [1.82, 2.24) is 20.1 Å². The van der Waals surface area contributed by atoms with Crippen LogP contribution in [0.25, 0.3) is 0 Å². The quantitative estimate of drug-likeness (QED) is 0.825. The minimum atomic E-state index is -1.16. The Morgan fingerprint density at radius 3 is 2.86 bits per heavy atom. The molecule has 2 aromatic heterocycles. The van der Waals surface area contributed by atoms with Crippen LogP contribution in [0.5, 0.6) is 0 Å². The molecule has 7 nitrogen and oxygen atoms in total. The average molecular weight is 292 g/mol. The third-order valence-corrected chi connectivity index (χ3v) is 3.29. The van der Waals surface area contributed by atoms with Gasteiger partial charge in [-0.2, -0.15) is 5.10 Å². The summed E-state index contributed by atoms with van der Waals surface area (Å²) in [6.45, 7) is 5.86. The number of aliphatic hydroxyl groups is 1. The van der Waals surface area contributed by atoms with Crippen molar-refractivity contribution < 1.29 is 14.3 Å². The van der Waals surface area contributed by atoms with Gasteiger partial charge >= 0.3 is 0 Å². The van der Waals surface area contributed by atoms with Gasteiger partial charge in [-0.15, -0.1) is 0 Å². The first-order valence-electron chi connectivity index (χ1n) is 6.77. The topological polar surface area (TPSA) is 93.2 Å². The number of nitrogens with one attached hydrogen (secondary N) is 1. The Balaban J connectivity index is 1.86. The highest BCUT2D eigenvalue weighted by molar-refractivity contribution is 5.75. The van der Waals surface area contributed by atoms with Crippen molar-refractivity contribution in [1.29, 1.82) is 0 Å². The summed E-state index contributed by atoms with van der Waals surface area (Å²) in [5.74, 6) is 1.25. The van der Waals surface area contributed by atoms with E-state index in [9.17, 15) is 9.90 Å². The van der Waals surface area contributed by atoms with Gasteiger partial charge in [0.2, 0.25) is 5.91 Å². The van der Waals surface area contributed by atoms with Crippen molar-refractivity contribution in [3.8, 4) is 0 Å². The largest absolute Gasteiger partial charge is 0.466 e. The van der Waals surface area contributed by atoms with Crippen molar-refractivity contribution in [3.05, 3.63) is 35.8 Å². The summed E-state index contributed by atoms with van der Waals surface area (Å²) in [6.07, 6.45) is 3.26. The second kappa shape index (κ2) is 6.09. The lowest BCUT2D eigenvalue weighted by atomic mass is 9.96. The van der Waals surface area contributed by atoms with E-state index in [1.165, 1.54) is 6.33 Å². The van der Waals surface area contributed by atoms with Gasteiger partial charge in [-0.1, -0.05) is 0 Å². The first-order valence-corrected chi connectivity index (χ1v) is 6.77. The second-order valence-electron chi connectivity index (χ2n) is 5.29. The first-order chi connectivity index (χ1) is 9.88. The Hall–Kier alpha value is -2.15. The highest BCUT2D eigenvalue weighted by Crippen LogP contribution is 2.26. The molecule has 0 bridgehead atoms. The van der Waals surface area contributed by atoms with Gasteiger partial charge in [-0.05, 0) is 26.8 Å². The molecule has 2 rings (SSSR count). The Morgan fingerprint density at radius 1 is 1.52 bits per heavy atom. The van der Waals surface area contributed by atoms with Crippen molar-refractivity contribution in [2.45, 2.75) is 39.3 Å². The predicted molar refractivity (Wildman–Crippen MR) is 75.4 cm³/mol. The van der Waals surface area contributed by atoms with Crippen LogP contribution in [-0.4, -0.2) is 32.3 Å². The molecule has 0 fully saturated rings. The molecular formula is C14H20N4O3. The summed E-state index contributed by atoms with van der Waals surface area (Å²) in [5, 5.41) is 17.1. The smallest absolute Gasteiger partial charge is 0.221 e. The van der Waals surface area contributed by atoms with Gasteiger partial charge in [0, 0.05) is 12.0 Å². The van der Waals surface area contributed by atoms with Gasteiger partial charge in [0.05, 0.1) is 13.1 Å². The highest BCUT2D eigenvalue weighted by Gasteiger charge is 2.28. The van der Waals surface area contributed by atoms with Crippen LogP contribution < -0.4 is 5.32 Å². The van der Waals surface area contributed by atoms with Crippen molar-refractivity contribution in [3.63, 3.8) is 0 Å². The first kappa shape index (κ1) is 15.2. The molecule has 21 heavy (non-hydrogen) atoms. The SMILES string of the molecule is Cc1cc(C(C)(O)CNC(=O)CCn2cncn2)c(C)o1. The molecule has 114 valence electrons. The van der Waals surface area contributed by atoms with Crippen LogP contribution in [0, 0.1) is 13.8 Å². The summed E-state index contributed by atoms with van der Waals surface area (Å²) < 4.78 is 7.00. The molecule has 7 heteroatoms. The summed E-state index contributed by atoms with van der Waals surface area (Å²) in [6, 6.07) is 1.79. The highest BCUT2D eigenvalue weighted by atomic mass is 16.3. The van der Waals surface area contributed by atoms with Crippen LogP contribution in [0.4, 0.5) is 0 Å². The number of amides is 1. The fraction of sp³-hybridized carbons (Fsp3) is 0.500. The fourth-order valence-corrected chi connectivity index (χ4v) is 2.18. The second-order valence-corrected chi connectivity index (χ2v) is 5.29. The van der Waals surface area contributed by atoms with Crippen LogP contribution in [0.1, 0.15) is 30.4 Å². The minimum absolute atomic E-state index is 0.128. The molecular weight excluding hydrogens is 272 g/mol. The molecule has 0 radical (unpaired) electrons. The van der Waals surface area contributed by atoms with E-state index in [1.54, 1.807) is 30.9 Å². The van der Waals surface area contributed by atoms with Crippen LogP contribution in [0.2, 0.25) is 0 Å².